The summed E-state index contributed by atoms with van der Waals surface area (Å²) >= 11 is 3.37. The van der Waals surface area contributed by atoms with Crippen molar-refractivity contribution in [2.45, 2.75) is 23.6 Å². The highest BCUT2D eigenvalue weighted by atomic mass is 79.9. The van der Waals surface area contributed by atoms with Crippen LogP contribution >= 0.6 is 15.9 Å². The van der Waals surface area contributed by atoms with Crippen LogP contribution in [-0.2, 0) is 4.74 Å². The third-order valence-electron chi connectivity index (χ3n) is 2.22. The summed E-state index contributed by atoms with van der Waals surface area (Å²) in [5, 5.41) is 9.36. The molecule has 3 atom stereocenters. The number of alkyl halides is 1. The Bertz CT molecular complexity index is 266. The second-order valence-corrected chi connectivity index (χ2v) is 4.35. The van der Waals surface area contributed by atoms with Crippen LogP contribution in [-0.4, -0.2) is 16.2 Å². The molecule has 1 aliphatic heterocycles. The van der Waals surface area contributed by atoms with Crippen molar-refractivity contribution in [1.82, 2.24) is 0 Å². The minimum absolute atomic E-state index is 0.0283. The summed E-state index contributed by atoms with van der Waals surface area (Å²) < 4.78 is 5.37. The fourth-order valence-corrected chi connectivity index (χ4v) is 1.98. The molecular weight excluding hydrogens is 232 g/mol. The third kappa shape index (κ3) is 1.93. The summed E-state index contributed by atoms with van der Waals surface area (Å²) in [5.41, 5.74) is 1.13. The van der Waals surface area contributed by atoms with Crippen LogP contribution in [0.15, 0.2) is 30.3 Å². The van der Waals surface area contributed by atoms with E-state index in [9.17, 15) is 5.11 Å². The van der Waals surface area contributed by atoms with Crippen LogP contribution in [0, 0.1) is 0 Å². The fourth-order valence-electron chi connectivity index (χ4n) is 1.51. The zero-order valence-corrected chi connectivity index (χ0v) is 8.65. The molecule has 2 rings (SSSR count). The van der Waals surface area contributed by atoms with E-state index in [1.807, 2.05) is 30.3 Å². The Kier molecular flexibility index (Phi) is 2.67. The van der Waals surface area contributed by atoms with Gasteiger partial charge in [0.25, 0.3) is 0 Å². The van der Waals surface area contributed by atoms with E-state index in [2.05, 4.69) is 15.9 Å². The summed E-state index contributed by atoms with van der Waals surface area (Å²) in [4.78, 5) is 0.0534. The highest BCUT2D eigenvalue weighted by Crippen LogP contribution is 2.35. The summed E-state index contributed by atoms with van der Waals surface area (Å²) in [7, 11) is 0. The normalized spacial score (nSPS) is 33.5. The lowest BCUT2D eigenvalue weighted by molar-refractivity contribution is -0.0886. The second kappa shape index (κ2) is 3.78. The average Bonchev–Trinajstić information content (AvgIpc) is 2.49. The largest absolute Gasteiger partial charge is 0.367 e. The number of ether oxygens (including phenoxy) is 1. The lowest BCUT2D eigenvalue weighted by atomic mass is 10.1. The maximum atomic E-state index is 9.36. The summed E-state index contributed by atoms with van der Waals surface area (Å²) in [6.07, 6.45) is 0.177. The van der Waals surface area contributed by atoms with Crippen molar-refractivity contribution < 1.29 is 9.84 Å². The van der Waals surface area contributed by atoms with Gasteiger partial charge in [0.2, 0.25) is 0 Å². The predicted octanol–water partition coefficient (Wildman–Crippen LogP) is 2.23. The number of halogens is 1. The van der Waals surface area contributed by atoms with Gasteiger partial charge in [-0.3, -0.25) is 0 Å². The Hall–Kier alpha value is -0.380. The van der Waals surface area contributed by atoms with Gasteiger partial charge in [-0.15, -0.1) is 0 Å². The number of benzene rings is 1. The Balaban J connectivity index is 2.12. The first-order valence-corrected chi connectivity index (χ1v) is 5.21. The SMILES string of the molecule is OC1OC(c2ccccc2)CC1Br. The van der Waals surface area contributed by atoms with E-state index < -0.39 is 6.29 Å². The van der Waals surface area contributed by atoms with Gasteiger partial charge in [-0.05, 0) is 12.0 Å². The molecule has 1 aromatic carbocycles. The number of aliphatic hydroxyl groups excluding tert-OH is 1. The molecule has 0 radical (unpaired) electrons. The molecular formula is C10H11BrO2. The monoisotopic (exact) mass is 242 g/mol. The number of hydrogen-bond acceptors (Lipinski definition) is 2. The van der Waals surface area contributed by atoms with Crippen molar-refractivity contribution in [3.63, 3.8) is 0 Å². The standard InChI is InChI=1S/C10H11BrO2/c11-8-6-9(13-10(8)12)7-4-2-1-3-5-7/h1-5,8-10,12H,6H2. The van der Waals surface area contributed by atoms with E-state index in [1.165, 1.54) is 0 Å². The van der Waals surface area contributed by atoms with Gasteiger partial charge in [0.05, 0.1) is 10.9 Å². The van der Waals surface area contributed by atoms with E-state index in [-0.39, 0.29) is 10.9 Å². The number of rotatable bonds is 1. The molecule has 3 heteroatoms. The van der Waals surface area contributed by atoms with Crippen molar-refractivity contribution in [1.29, 1.82) is 0 Å². The molecule has 0 aliphatic carbocycles. The minimum atomic E-state index is -0.676. The Morgan fingerprint density at radius 3 is 2.54 bits per heavy atom. The van der Waals surface area contributed by atoms with E-state index in [4.69, 9.17) is 4.74 Å². The molecule has 3 unspecified atom stereocenters. The van der Waals surface area contributed by atoms with Crippen LogP contribution in [0.25, 0.3) is 0 Å². The van der Waals surface area contributed by atoms with Crippen LogP contribution in [0.4, 0.5) is 0 Å². The van der Waals surface area contributed by atoms with Gasteiger partial charge >= 0.3 is 0 Å². The zero-order chi connectivity index (χ0) is 9.26. The molecule has 13 heavy (non-hydrogen) atoms. The molecule has 0 bridgehead atoms. The zero-order valence-electron chi connectivity index (χ0n) is 7.06. The van der Waals surface area contributed by atoms with E-state index in [0.29, 0.717) is 0 Å². The molecule has 1 aliphatic rings. The van der Waals surface area contributed by atoms with E-state index in [0.717, 1.165) is 12.0 Å². The second-order valence-electron chi connectivity index (χ2n) is 3.18. The molecule has 2 nitrogen and oxygen atoms in total. The van der Waals surface area contributed by atoms with Gasteiger partial charge in [-0.1, -0.05) is 46.3 Å². The van der Waals surface area contributed by atoms with Gasteiger partial charge in [-0.25, -0.2) is 0 Å². The smallest absolute Gasteiger partial charge is 0.168 e. The molecule has 0 saturated carbocycles. The third-order valence-corrected chi connectivity index (χ3v) is 3.05. The highest BCUT2D eigenvalue weighted by molar-refractivity contribution is 9.09. The quantitative estimate of drug-likeness (QED) is 0.766. The lowest BCUT2D eigenvalue weighted by Gasteiger charge is -2.09. The minimum Gasteiger partial charge on any atom is -0.367 e. The van der Waals surface area contributed by atoms with Crippen molar-refractivity contribution in [2.75, 3.05) is 0 Å². The molecule has 70 valence electrons. The van der Waals surface area contributed by atoms with Crippen LogP contribution in [0.1, 0.15) is 18.1 Å². The Morgan fingerprint density at radius 1 is 1.31 bits per heavy atom. The molecule has 1 N–H and O–H groups in total. The van der Waals surface area contributed by atoms with E-state index >= 15 is 0 Å². The fraction of sp³-hybridized carbons (Fsp3) is 0.400. The van der Waals surface area contributed by atoms with Gasteiger partial charge in [-0.2, -0.15) is 0 Å². The average molecular weight is 243 g/mol. The maximum absolute atomic E-state index is 9.36. The first-order chi connectivity index (χ1) is 6.27. The summed E-state index contributed by atoms with van der Waals surface area (Å²) in [5.74, 6) is 0. The van der Waals surface area contributed by atoms with E-state index in [1.54, 1.807) is 0 Å². The van der Waals surface area contributed by atoms with Crippen molar-refractivity contribution in [2.24, 2.45) is 0 Å². The number of aliphatic hydroxyl groups is 1. The van der Waals surface area contributed by atoms with Crippen LogP contribution in [0.2, 0.25) is 0 Å². The van der Waals surface area contributed by atoms with Crippen LogP contribution < -0.4 is 0 Å². The molecule has 0 aromatic heterocycles. The highest BCUT2D eigenvalue weighted by Gasteiger charge is 2.32. The molecule has 0 spiro atoms. The molecule has 1 fully saturated rings. The first kappa shape index (κ1) is 9.19. The molecule has 1 aromatic rings. The summed E-state index contributed by atoms with van der Waals surface area (Å²) in [6, 6.07) is 9.96. The van der Waals surface area contributed by atoms with Crippen LogP contribution in [0.3, 0.4) is 0 Å². The summed E-state index contributed by atoms with van der Waals surface area (Å²) in [6.45, 7) is 0. The maximum Gasteiger partial charge on any atom is 0.168 e. The lowest BCUT2D eigenvalue weighted by Crippen LogP contribution is -2.13. The van der Waals surface area contributed by atoms with Gasteiger partial charge < -0.3 is 9.84 Å². The first-order valence-electron chi connectivity index (χ1n) is 4.30. The Morgan fingerprint density at radius 2 is 2.00 bits per heavy atom. The van der Waals surface area contributed by atoms with Gasteiger partial charge in [0, 0.05) is 0 Å². The van der Waals surface area contributed by atoms with Crippen molar-refractivity contribution >= 4 is 15.9 Å². The van der Waals surface area contributed by atoms with Crippen LogP contribution in [0.5, 0.6) is 0 Å². The Labute approximate surface area is 85.7 Å². The topological polar surface area (TPSA) is 29.5 Å². The molecule has 0 amide bonds. The molecule has 1 heterocycles. The van der Waals surface area contributed by atoms with Gasteiger partial charge in [0.1, 0.15) is 0 Å². The van der Waals surface area contributed by atoms with Crippen molar-refractivity contribution in [3.05, 3.63) is 35.9 Å². The molecule has 1 saturated heterocycles. The predicted molar refractivity (Wildman–Crippen MR) is 53.6 cm³/mol. The number of hydrogen-bond donors (Lipinski definition) is 1. The van der Waals surface area contributed by atoms with Gasteiger partial charge in [0.15, 0.2) is 6.29 Å². The van der Waals surface area contributed by atoms with Crippen molar-refractivity contribution in [3.8, 4) is 0 Å².